The van der Waals surface area contributed by atoms with Gasteiger partial charge in [0.1, 0.15) is 5.69 Å². The van der Waals surface area contributed by atoms with Crippen LogP contribution in [0.15, 0.2) is 0 Å². The first-order valence-electron chi connectivity index (χ1n) is 6.39. The molecule has 1 aromatic heterocycles. The third kappa shape index (κ3) is 2.71. The summed E-state index contributed by atoms with van der Waals surface area (Å²) in [6.45, 7) is 3.59. The van der Waals surface area contributed by atoms with Gasteiger partial charge in [-0.05, 0) is 41.9 Å². The van der Waals surface area contributed by atoms with Gasteiger partial charge >= 0.3 is 0 Å². The van der Waals surface area contributed by atoms with Crippen LogP contribution in [-0.4, -0.2) is 29.3 Å². The highest BCUT2D eigenvalue weighted by Crippen LogP contribution is 2.22. The van der Waals surface area contributed by atoms with Gasteiger partial charge in [0.2, 0.25) is 0 Å². The third-order valence-electron chi connectivity index (χ3n) is 3.29. The number of nitrogens with zero attached hydrogens (tertiary/aromatic N) is 2. The van der Waals surface area contributed by atoms with Crippen molar-refractivity contribution in [2.24, 2.45) is 0 Å². The zero-order valence-electron chi connectivity index (χ0n) is 10.2. The van der Waals surface area contributed by atoms with Gasteiger partial charge in [0, 0.05) is 6.61 Å². The molecular weight excluding hydrogens is 347 g/mol. The Morgan fingerprint density at radius 2 is 2.33 bits per heavy atom. The van der Waals surface area contributed by atoms with Gasteiger partial charge in [-0.15, -0.1) is 0 Å². The Hall–Kier alpha value is -0.180. The zero-order valence-corrected chi connectivity index (χ0v) is 12.4. The smallest absolute Gasteiger partial charge is 0.158 e. The molecule has 0 N–H and O–H groups in total. The molecule has 0 radical (unpaired) electrons. The Kier molecular flexibility index (Phi) is 4.17. The van der Waals surface area contributed by atoms with Crippen molar-refractivity contribution in [3.8, 4) is 0 Å². The summed E-state index contributed by atoms with van der Waals surface area (Å²) >= 11 is 2.33. The van der Waals surface area contributed by atoms with E-state index in [4.69, 9.17) is 14.2 Å². The minimum atomic E-state index is -0.0514. The molecule has 0 aliphatic carbocycles. The van der Waals surface area contributed by atoms with Gasteiger partial charge in [-0.25, -0.2) is 0 Å². The summed E-state index contributed by atoms with van der Waals surface area (Å²) in [6, 6.07) is 0. The minimum Gasteiger partial charge on any atom is -0.373 e. The first-order valence-corrected chi connectivity index (χ1v) is 7.47. The van der Waals surface area contributed by atoms with Crippen LogP contribution in [0.4, 0.5) is 0 Å². The van der Waals surface area contributed by atoms with Gasteiger partial charge in [-0.3, -0.25) is 4.68 Å². The first-order chi connectivity index (χ1) is 8.84. The highest BCUT2D eigenvalue weighted by molar-refractivity contribution is 14.1. The molecule has 1 saturated heterocycles. The molecule has 18 heavy (non-hydrogen) atoms. The molecule has 1 fully saturated rings. The van der Waals surface area contributed by atoms with Crippen LogP contribution in [0.3, 0.4) is 0 Å². The molecule has 2 aliphatic heterocycles. The number of rotatable bonds is 3. The molecule has 0 spiro atoms. The molecule has 5 nitrogen and oxygen atoms in total. The fourth-order valence-corrected chi connectivity index (χ4v) is 2.98. The number of ether oxygens (including phenoxy) is 3. The van der Waals surface area contributed by atoms with E-state index in [0.717, 1.165) is 38.3 Å². The molecule has 1 unspecified atom stereocenters. The van der Waals surface area contributed by atoms with E-state index in [1.165, 1.54) is 15.7 Å². The van der Waals surface area contributed by atoms with E-state index in [-0.39, 0.29) is 6.29 Å². The van der Waals surface area contributed by atoms with Gasteiger partial charge in [-0.1, -0.05) is 0 Å². The second-order valence-electron chi connectivity index (χ2n) is 4.59. The first kappa shape index (κ1) is 12.8. The summed E-state index contributed by atoms with van der Waals surface area (Å²) < 4.78 is 20.0. The molecule has 1 atom stereocenters. The van der Waals surface area contributed by atoms with Crippen LogP contribution in [0.2, 0.25) is 0 Å². The second kappa shape index (κ2) is 5.85. The van der Waals surface area contributed by atoms with Crippen molar-refractivity contribution in [1.82, 2.24) is 9.78 Å². The predicted octanol–water partition coefficient (Wildman–Crippen LogP) is 2.06. The molecule has 1 aromatic rings. The van der Waals surface area contributed by atoms with E-state index in [9.17, 15) is 0 Å². The van der Waals surface area contributed by atoms with Crippen LogP contribution in [0, 0.1) is 3.57 Å². The van der Waals surface area contributed by atoms with Crippen molar-refractivity contribution >= 4 is 22.6 Å². The SMILES string of the molecule is Ic1c(COC2CCCCO2)nn2c1COCC2. The fraction of sp³-hybridized carbons (Fsp3) is 0.750. The topological polar surface area (TPSA) is 45.5 Å². The summed E-state index contributed by atoms with van der Waals surface area (Å²) in [5.74, 6) is 0. The molecule has 0 saturated carbocycles. The number of hydrogen-bond donors (Lipinski definition) is 0. The Balaban J connectivity index is 1.63. The Morgan fingerprint density at radius 1 is 1.39 bits per heavy atom. The van der Waals surface area contributed by atoms with E-state index in [0.29, 0.717) is 13.2 Å². The van der Waals surface area contributed by atoms with Crippen molar-refractivity contribution in [3.05, 3.63) is 15.0 Å². The van der Waals surface area contributed by atoms with E-state index in [1.54, 1.807) is 0 Å². The zero-order chi connectivity index (χ0) is 12.4. The van der Waals surface area contributed by atoms with Crippen molar-refractivity contribution in [2.45, 2.75) is 45.3 Å². The Morgan fingerprint density at radius 3 is 3.11 bits per heavy atom. The molecule has 0 bridgehead atoms. The molecule has 0 aromatic carbocycles. The van der Waals surface area contributed by atoms with E-state index < -0.39 is 0 Å². The Labute approximate surface area is 120 Å². The third-order valence-corrected chi connectivity index (χ3v) is 4.54. The summed E-state index contributed by atoms with van der Waals surface area (Å²) in [6.07, 6.45) is 3.28. The standard InChI is InChI=1S/C12H17IN2O3/c13-12-9(7-18-11-3-1-2-5-17-11)14-15-4-6-16-8-10(12)15/h11H,1-8H2. The van der Waals surface area contributed by atoms with Crippen LogP contribution in [0.25, 0.3) is 0 Å². The van der Waals surface area contributed by atoms with Gasteiger partial charge in [-0.2, -0.15) is 5.10 Å². The maximum absolute atomic E-state index is 5.78. The van der Waals surface area contributed by atoms with Crippen LogP contribution >= 0.6 is 22.6 Å². The normalized spacial score (nSPS) is 23.9. The van der Waals surface area contributed by atoms with E-state index >= 15 is 0 Å². The highest BCUT2D eigenvalue weighted by Gasteiger charge is 2.21. The summed E-state index contributed by atoms with van der Waals surface area (Å²) in [4.78, 5) is 0. The average molecular weight is 364 g/mol. The molecule has 3 heterocycles. The van der Waals surface area contributed by atoms with Gasteiger partial charge in [0.05, 0.1) is 35.6 Å². The molecule has 6 heteroatoms. The van der Waals surface area contributed by atoms with Crippen molar-refractivity contribution in [2.75, 3.05) is 13.2 Å². The van der Waals surface area contributed by atoms with Crippen molar-refractivity contribution in [3.63, 3.8) is 0 Å². The van der Waals surface area contributed by atoms with Crippen LogP contribution < -0.4 is 0 Å². The predicted molar refractivity (Wildman–Crippen MR) is 73.0 cm³/mol. The van der Waals surface area contributed by atoms with Gasteiger partial charge < -0.3 is 14.2 Å². The minimum absolute atomic E-state index is 0.0514. The lowest BCUT2D eigenvalue weighted by molar-refractivity contribution is -0.169. The van der Waals surface area contributed by atoms with Crippen LogP contribution in [-0.2, 0) is 34.0 Å². The monoisotopic (exact) mass is 364 g/mol. The lowest BCUT2D eigenvalue weighted by Crippen LogP contribution is -2.22. The maximum Gasteiger partial charge on any atom is 0.158 e. The van der Waals surface area contributed by atoms with E-state index in [1.807, 2.05) is 4.68 Å². The number of fused-ring (bicyclic) bond motifs is 1. The molecule has 0 amide bonds. The van der Waals surface area contributed by atoms with Crippen molar-refractivity contribution < 1.29 is 14.2 Å². The van der Waals surface area contributed by atoms with Crippen molar-refractivity contribution in [1.29, 1.82) is 0 Å². The summed E-state index contributed by atoms with van der Waals surface area (Å²) in [7, 11) is 0. The van der Waals surface area contributed by atoms with Crippen LogP contribution in [0.1, 0.15) is 30.7 Å². The second-order valence-corrected chi connectivity index (χ2v) is 5.67. The fourth-order valence-electron chi connectivity index (χ4n) is 2.28. The molecular formula is C12H17IN2O3. The molecule has 2 aliphatic rings. The van der Waals surface area contributed by atoms with Gasteiger partial charge in [0.15, 0.2) is 6.29 Å². The maximum atomic E-state index is 5.78. The number of aromatic nitrogens is 2. The van der Waals surface area contributed by atoms with Gasteiger partial charge in [0.25, 0.3) is 0 Å². The quantitative estimate of drug-likeness (QED) is 0.771. The largest absolute Gasteiger partial charge is 0.373 e. The Bertz CT molecular complexity index is 416. The molecule has 100 valence electrons. The number of hydrogen-bond acceptors (Lipinski definition) is 4. The van der Waals surface area contributed by atoms with Crippen LogP contribution in [0.5, 0.6) is 0 Å². The molecule has 3 rings (SSSR count). The highest BCUT2D eigenvalue weighted by atomic mass is 127. The summed E-state index contributed by atoms with van der Waals surface area (Å²) in [5.41, 5.74) is 2.18. The number of halogens is 1. The average Bonchev–Trinajstić information content (AvgIpc) is 2.75. The van der Waals surface area contributed by atoms with E-state index in [2.05, 4.69) is 27.7 Å². The lowest BCUT2D eigenvalue weighted by atomic mass is 10.2. The lowest BCUT2D eigenvalue weighted by Gasteiger charge is -2.22. The summed E-state index contributed by atoms with van der Waals surface area (Å²) in [5, 5.41) is 4.58.